The molecule has 1 aromatic carbocycles. The molecule has 0 fully saturated rings. The molecule has 0 saturated heterocycles. The molecule has 3 aromatic rings. The number of carboxylic acid groups (broad SMARTS) is 1. The Morgan fingerprint density at radius 3 is 2.44 bits per heavy atom. The van der Waals surface area contributed by atoms with E-state index in [1.807, 2.05) is 31.2 Å². The number of carbonyl (C=O) groups is 2. The number of pyridine rings is 1. The molecular weight excluding hydrogens is 346 g/mol. The number of aryl methyl sites for hydroxylation is 2. The van der Waals surface area contributed by atoms with E-state index in [1.165, 1.54) is 4.90 Å². The van der Waals surface area contributed by atoms with Crippen LogP contribution < -0.4 is 0 Å². The second kappa shape index (κ2) is 7.19. The van der Waals surface area contributed by atoms with Gasteiger partial charge >= 0.3 is 5.97 Å². The van der Waals surface area contributed by atoms with Crippen molar-refractivity contribution in [3.63, 3.8) is 0 Å². The fourth-order valence-corrected chi connectivity index (χ4v) is 2.92. The largest absolute Gasteiger partial charge is 0.480 e. The maximum atomic E-state index is 13.2. The van der Waals surface area contributed by atoms with Crippen molar-refractivity contribution in [3.8, 4) is 11.3 Å². The zero-order valence-corrected chi connectivity index (χ0v) is 15.7. The minimum atomic E-state index is -1.07. The summed E-state index contributed by atoms with van der Waals surface area (Å²) in [5.41, 5.74) is 3.65. The third-order valence-corrected chi connectivity index (χ3v) is 4.38. The van der Waals surface area contributed by atoms with Crippen LogP contribution in [0.25, 0.3) is 22.4 Å². The van der Waals surface area contributed by atoms with Gasteiger partial charge in [-0.2, -0.15) is 0 Å². The van der Waals surface area contributed by atoms with Gasteiger partial charge in [-0.3, -0.25) is 9.59 Å². The van der Waals surface area contributed by atoms with Crippen LogP contribution in [0.4, 0.5) is 0 Å². The van der Waals surface area contributed by atoms with E-state index >= 15 is 0 Å². The van der Waals surface area contributed by atoms with Crippen molar-refractivity contribution in [1.82, 2.24) is 15.0 Å². The monoisotopic (exact) mass is 367 g/mol. The Balaban J connectivity index is 2.17. The maximum Gasteiger partial charge on any atom is 0.323 e. The molecule has 0 spiro atoms. The lowest BCUT2D eigenvalue weighted by atomic mass is 10.0. The molecular formula is C20H21N3O4. The number of fused-ring (bicyclic) bond motifs is 1. The smallest absolute Gasteiger partial charge is 0.323 e. The molecule has 27 heavy (non-hydrogen) atoms. The van der Waals surface area contributed by atoms with Gasteiger partial charge in [-0.15, -0.1) is 0 Å². The molecule has 0 unspecified atom stereocenters. The van der Waals surface area contributed by atoms with Gasteiger partial charge in [-0.05, 0) is 33.8 Å². The normalized spacial score (nSPS) is 11.1. The van der Waals surface area contributed by atoms with Crippen LogP contribution in [0.1, 0.15) is 35.5 Å². The Morgan fingerprint density at radius 1 is 1.19 bits per heavy atom. The van der Waals surface area contributed by atoms with Gasteiger partial charge in [0, 0.05) is 11.6 Å². The van der Waals surface area contributed by atoms with E-state index in [-0.39, 0.29) is 24.2 Å². The van der Waals surface area contributed by atoms with E-state index in [0.717, 1.165) is 11.1 Å². The van der Waals surface area contributed by atoms with Crippen LogP contribution in [0.15, 0.2) is 34.9 Å². The van der Waals surface area contributed by atoms with Gasteiger partial charge in [0.2, 0.25) is 0 Å². The van der Waals surface area contributed by atoms with Crippen molar-refractivity contribution in [3.05, 3.63) is 47.2 Å². The molecule has 7 heteroatoms. The number of carbonyl (C=O) groups excluding carboxylic acids is 1. The minimum Gasteiger partial charge on any atom is -0.480 e. The van der Waals surface area contributed by atoms with Crippen LogP contribution in [0.2, 0.25) is 0 Å². The van der Waals surface area contributed by atoms with Crippen molar-refractivity contribution >= 4 is 23.0 Å². The van der Waals surface area contributed by atoms with Gasteiger partial charge in [0.1, 0.15) is 6.54 Å². The van der Waals surface area contributed by atoms with Crippen LogP contribution in [0.5, 0.6) is 0 Å². The molecule has 1 amide bonds. The first kappa shape index (κ1) is 18.6. The second-order valence-electron chi connectivity index (χ2n) is 6.79. The summed E-state index contributed by atoms with van der Waals surface area (Å²) in [4.78, 5) is 30.2. The highest BCUT2D eigenvalue weighted by atomic mass is 16.5. The van der Waals surface area contributed by atoms with Crippen LogP contribution in [-0.2, 0) is 4.79 Å². The number of rotatable bonds is 5. The lowest BCUT2D eigenvalue weighted by molar-refractivity contribution is -0.138. The highest BCUT2D eigenvalue weighted by Gasteiger charge is 2.26. The topological polar surface area (TPSA) is 96.5 Å². The van der Waals surface area contributed by atoms with E-state index in [2.05, 4.69) is 10.1 Å². The number of aromatic nitrogens is 2. The molecule has 2 heterocycles. The zero-order valence-electron chi connectivity index (χ0n) is 15.7. The SMILES string of the molecule is Cc1ccc(-c2cc(C(=O)N(CC(=O)O)C(C)C)c3c(C)noc3n2)cc1. The van der Waals surface area contributed by atoms with Gasteiger partial charge in [0.25, 0.3) is 11.6 Å². The molecule has 140 valence electrons. The van der Waals surface area contributed by atoms with Gasteiger partial charge < -0.3 is 14.5 Å². The molecule has 0 aliphatic heterocycles. The average molecular weight is 367 g/mol. The fourth-order valence-electron chi connectivity index (χ4n) is 2.92. The van der Waals surface area contributed by atoms with E-state index in [1.54, 1.807) is 26.8 Å². The predicted octanol–water partition coefficient (Wildman–Crippen LogP) is 3.44. The number of nitrogens with zero attached hydrogens (tertiary/aromatic N) is 3. The summed E-state index contributed by atoms with van der Waals surface area (Å²) in [6.07, 6.45) is 0. The van der Waals surface area contributed by atoms with Gasteiger partial charge in [-0.25, -0.2) is 4.98 Å². The van der Waals surface area contributed by atoms with Gasteiger partial charge in [0.05, 0.1) is 22.3 Å². The van der Waals surface area contributed by atoms with E-state index in [9.17, 15) is 14.7 Å². The van der Waals surface area contributed by atoms with Crippen molar-refractivity contribution < 1.29 is 19.2 Å². The van der Waals surface area contributed by atoms with E-state index in [0.29, 0.717) is 22.3 Å². The summed E-state index contributed by atoms with van der Waals surface area (Å²) in [5, 5.41) is 13.6. The van der Waals surface area contributed by atoms with E-state index < -0.39 is 5.97 Å². The second-order valence-corrected chi connectivity index (χ2v) is 6.79. The number of aliphatic carboxylic acids is 1. The lowest BCUT2D eigenvalue weighted by Crippen LogP contribution is -2.40. The van der Waals surface area contributed by atoms with Crippen LogP contribution in [-0.4, -0.2) is 44.6 Å². The Kier molecular flexibility index (Phi) is 4.94. The van der Waals surface area contributed by atoms with Gasteiger partial charge in [-0.1, -0.05) is 35.0 Å². The van der Waals surface area contributed by atoms with Crippen molar-refractivity contribution in [2.75, 3.05) is 6.54 Å². The van der Waals surface area contributed by atoms with Crippen molar-refractivity contribution in [2.45, 2.75) is 33.7 Å². The van der Waals surface area contributed by atoms with Crippen LogP contribution >= 0.6 is 0 Å². The Labute approximate surface area is 156 Å². The predicted molar refractivity (Wildman–Crippen MR) is 101 cm³/mol. The van der Waals surface area contributed by atoms with Crippen LogP contribution in [0, 0.1) is 13.8 Å². The molecule has 0 radical (unpaired) electrons. The van der Waals surface area contributed by atoms with Gasteiger partial charge in [0.15, 0.2) is 0 Å². The van der Waals surface area contributed by atoms with E-state index in [4.69, 9.17) is 4.52 Å². The number of carboxylic acids is 1. The molecule has 0 aliphatic rings. The summed E-state index contributed by atoms with van der Waals surface area (Å²) >= 11 is 0. The summed E-state index contributed by atoms with van der Waals surface area (Å²) in [5.74, 6) is -1.46. The zero-order chi connectivity index (χ0) is 19.7. The minimum absolute atomic E-state index is 0.257. The van der Waals surface area contributed by atoms with Crippen molar-refractivity contribution in [2.24, 2.45) is 0 Å². The molecule has 3 rings (SSSR count). The summed E-state index contributed by atoms with van der Waals surface area (Å²) in [6.45, 7) is 6.89. The summed E-state index contributed by atoms with van der Waals surface area (Å²) in [6, 6.07) is 9.14. The fraction of sp³-hybridized carbons (Fsp3) is 0.300. The number of amides is 1. The molecule has 1 N–H and O–H groups in total. The Morgan fingerprint density at radius 2 is 1.85 bits per heavy atom. The average Bonchev–Trinajstić information content (AvgIpc) is 3.00. The highest BCUT2D eigenvalue weighted by Crippen LogP contribution is 2.28. The molecule has 0 atom stereocenters. The first-order valence-electron chi connectivity index (χ1n) is 8.64. The molecule has 0 bridgehead atoms. The van der Waals surface area contributed by atoms with Crippen molar-refractivity contribution in [1.29, 1.82) is 0 Å². The molecule has 2 aromatic heterocycles. The molecule has 0 saturated carbocycles. The van der Waals surface area contributed by atoms with Crippen LogP contribution in [0.3, 0.4) is 0 Å². The third-order valence-electron chi connectivity index (χ3n) is 4.38. The first-order chi connectivity index (χ1) is 12.8. The Bertz CT molecular complexity index is 1010. The maximum absolute atomic E-state index is 13.2. The number of benzene rings is 1. The summed E-state index contributed by atoms with van der Waals surface area (Å²) < 4.78 is 5.30. The summed E-state index contributed by atoms with van der Waals surface area (Å²) in [7, 11) is 0. The quantitative estimate of drug-likeness (QED) is 0.742. The first-order valence-corrected chi connectivity index (χ1v) is 8.64. The lowest BCUT2D eigenvalue weighted by Gasteiger charge is -2.25. The standard InChI is InChI=1S/C20H21N3O4/c1-11(2)23(10-17(24)25)20(26)15-9-16(14-7-5-12(3)6-8-14)21-19-18(15)13(4)22-27-19/h5-9,11H,10H2,1-4H3,(H,24,25). The molecule has 0 aliphatic carbocycles. The Hall–Kier alpha value is -3.22. The number of hydrogen-bond donors (Lipinski definition) is 1. The third kappa shape index (κ3) is 3.67. The highest BCUT2D eigenvalue weighted by molar-refractivity contribution is 6.07. The number of hydrogen-bond acceptors (Lipinski definition) is 5. The molecule has 7 nitrogen and oxygen atoms in total.